The highest BCUT2D eigenvalue weighted by Crippen LogP contribution is 2.28. The lowest BCUT2D eigenvalue weighted by molar-refractivity contribution is 0.0596. The summed E-state index contributed by atoms with van der Waals surface area (Å²) in [5.74, 6) is -0.535. The molecule has 2 rings (SSSR count). The van der Waals surface area contributed by atoms with Gasteiger partial charge in [0.05, 0.1) is 17.6 Å². The maximum absolute atomic E-state index is 12.8. The van der Waals surface area contributed by atoms with Gasteiger partial charge in [0.1, 0.15) is 0 Å². The molecule has 0 aromatic heterocycles. The third-order valence-electron chi connectivity index (χ3n) is 4.42. The molecule has 3 N–H and O–H groups in total. The van der Waals surface area contributed by atoms with E-state index in [0.717, 1.165) is 25.7 Å². The molecule has 0 heterocycles. The minimum atomic E-state index is -3.91. The largest absolute Gasteiger partial charge is 0.465 e. The molecule has 1 atom stereocenters. The molecule has 1 saturated carbocycles. The molecule has 134 valence electrons. The molecule has 1 aliphatic rings. The zero-order valence-corrected chi connectivity index (χ0v) is 15.2. The average molecular weight is 375 g/mol. The van der Waals surface area contributed by atoms with Crippen molar-refractivity contribution in [3.63, 3.8) is 0 Å². The molecule has 0 spiro atoms. The number of methoxy groups -OCH3 is 1. The first-order valence-corrected chi connectivity index (χ1v) is 9.85. The van der Waals surface area contributed by atoms with Gasteiger partial charge < -0.3 is 10.5 Å². The van der Waals surface area contributed by atoms with Gasteiger partial charge in [-0.1, -0.05) is 30.9 Å². The molecular weight excluding hydrogens is 352 g/mol. The molecule has 24 heavy (non-hydrogen) atoms. The van der Waals surface area contributed by atoms with E-state index < -0.39 is 16.0 Å². The van der Waals surface area contributed by atoms with Crippen LogP contribution in [0.5, 0.6) is 0 Å². The second-order valence-electron chi connectivity index (χ2n) is 5.99. The SMILES string of the molecule is COC(=O)c1cc(Cl)ccc1S(=O)(=O)NC(CN)C1CCCCC1. The van der Waals surface area contributed by atoms with Crippen molar-refractivity contribution in [1.29, 1.82) is 0 Å². The number of halogens is 1. The van der Waals surface area contributed by atoms with E-state index in [-0.39, 0.29) is 34.0 Å². The number of nitrogens with one attached hydrogen (secondary N) is 1. The van der Waals surface area contributed by atoms with E-state index >= 15 is 0 Å². The van der Waals surface area contributed by atoms with Gasteiger partial charge in [0.15, 0.2) is 0 Å². The summed E-state index contributed by atoms with van der Waals surface area (Å²) < 4.78 is 32.9. The molecule has 1 aromatic rings. The Hall–Kier alpha value is -1.15. The molecule has 8 heteroatoms. The number of sulfonamides is 1. The maximum Gasteiger partial charge on any atom is 0.339 e. The summed E-state index contributed by atoms with van der Waals surface area (Å²) in [6.07, 6.45) is 5.24. The predicted octanol–water partition coefficient (Wildman–Crippen LogP) is 2.31. The highest BCUT2D eigenvalue weighted by atomic mass is 35.5. The van der Waals surface area contributed by atoms with Crippen LogP contribution in [0.15, 0.2) is 23.1 Å². The molecule has 1 aromatic carbocycles. The van der Waals surface area contributed by atoms with E-state index in [0.29, 0.717) is 0 Å². The van der Waals surface area contributed by atoms with Crippen LogP contribution in [-0.2, 0) is 14.8 Å². The van der Waals surface area contributed by atoms with E-state index in [1.54, 1.807) is 0 Å². The number of hydrogen-bond donors (Lipinski definition) is 2. The van der Waals surface area contributed by atoms with Crippen LogP contribution in [0.1, 0.15) is 42.5 Å². The van der Waals surface area contributed by atoms with Gasteiger partial charge in [-0.15, -0.1) is 0 Å². The number of hydrogen-bond acceptors (Lipinski definition) is 5. The van der Waals surface area contributed by atoms with Crippen LogP contribution in [0, 0.1) is 5.92 Å². The second-order valence-corrected chi connectivity index (χ2v) is 8.11. The minimum Gasteiger partial charge on any atom is -0.465 e. The average Bonchev–Trinajstić information content (AvgIpc) is 2.59. The van der Waals surface area contributed by atoms with Crippen LogP contribution in [0.3, 0.4) is 0 Å². The Morgan fingerprint density at radius 2 is 2.04 bits per heavy atom. The van der Waals surface area contributed by atoms with Crippen LogP contribution >= 0.6 is 11.6 Å². The topological polar surface area (TPSA) is 98.5 Å². The predicted molar refractivity (Wildman–Crippen MR) is 92.5 cm³/mol. The summed E-state index contributed by atoms with van der Waals surface area (Å²) in [5, 5.41) is 0.261. The summed E-state index contributed by atoms with van der Waals surface area (Å²) >= 11 is 5.88. The van der Waals surface area contributed by atoms with Gasteiger partial charge in [0.2, 0.25) is 10.0 Å². The first-order valence-electron chi connectivity index (χ1n) is 7.99. The fourth-order valence-corrected chi connectivity index (χ4v) is 4.81. The van der Waals surface area contributed by atoms with Gasteiger partial charge in [-0.2, -0.15) is 0 Å². The van der Waals surface area contributed by atoms with Gasteiger partial charge in [-0.3, -0.25) is 0 Å². The van der Waals surface area contributed by atoms with Crippen molar-refractivity contribution >= 4 is 27.6 Å². The van der Waals surface area contributed by atoms with Crippen LogP contribution < -0.4 is 10.5 Å². The van der Waals surface area contributed by atoms with Crippen molar-refractivity contribution in [2.24, 2.45) is 11.7 Å². The van der Waals surface area contributed by atoms with E-state index in [1.165, 1.54) is 31.7 Å². The van der Waals surface area contributed by atoms with Gasteiger partial charge in [-0.05, 0) is 37.0 Å². The molecule has 1 fully saturated rings. The zero-order valence-electron chi connectivity index (χ0n) is 13.6. The lowest BCUT2D eigenvalue weighted by Gasteiger charge is -2.30. The van der Waals surface area contributed by atoms with E-state index in [1.807, 2.05) is 0 Å². The molecule has 0 radical (unpaired) electrons. The number of rotatable bonds is 6. The third kappa shape index (κ3) is 4.47. The molecule has 0 aliphatic heterocycles. The molecule has 6 nitrogen and oxygen atoms in total. The van der Waals surface area contributed by atoms with Crippen molar-refractivity contribution in [1.82, 2.24) is 4.72 Å². The molecule has 0 bridgehead atoms. The highest BCUT2D eigenvalue weighted by molar-refractivity contribution is 7.89. The third-order valence-corrected chi connectivity index (χ3v) is 6.20. The maximum atomic E-state index is 12.8. The fraction of sp³-hybridized carbons (Fsp3) is 0.562. The van der Waals surface area contributed by atoms with Gasteiger partial charge in [-0.25, -0.2) is 17.9 Å². The standard InChI is InChI=1S/C16H23ClN2O4S/c1-23-16(20)13-9-12(17)7-8-15(13)24(21,22)19-14(10-18)11-5-3-2-4-6-11/h7-9,11,14,19H,2-6,10,18H2,1H3. The van der Waals surface area contributed by atoms with E-state index in [4.69, 9.17) is 17.3 Å². The number of esters is 1. The number of carbonyl (C=O) groups is 1. The first kappa shape index (κ1) is 19.2. The van der Waals surface area contributed by atoms with Crippen LogP contribution in [0.25, 0.3) is 0 Å². The summed E-state index contributed by atoms with van der Waals surface area (Å²) in [5.41, 5.74) is 5.71. The van der Waals surface area contributed by atoms with E-state index in [2.05, 4.69) is 9.46 Å². The Kier molecular flexibility index (Phi) is 6.62. The summed E-state index contributed by atoms with van der Waals surface area (Å²) in [6.45, 7) is 0.213. The van der Waals surface area contributed by atoms with Gasteiger partial charge in [0.25, 0.3) is 0 Å². The molecule has 1 aliphatic carbocycles. The molecule has 0 amide bonds. The van der Waals surface area contributed by atoms with Gasteiger partial charge >= 0.3 is 5.97 Å². The van der Waals surface area contributed by atoms with Gasteiger partial charge in [0, 0.05) is 17.6 Å². The second kappa shape index (κ2) is 8.29. The lowest BCUT2D eigenvalue weighted by atomic mass is 9.84. The van der Waals surface area contributed by atoms with Crippen LogP contribution in [0.2, 0.25) is 5.02 Å². The molecule has 1 unspecified atom stereocenters. The van der Waals surface area contributed by atoms with Crippen molar-refractivity contribution in [2.45, 2.75) is 43.0 Å². The Morgan fingerprint density at radius 3 is 2.62 bits per heavy atom. The minimum absolute atomic E-state index is 0.0862. The van der Waals surface area contributed by atoms with Crippen molar-refractivity contribution in [2.75, 3.05) is 13.7 Å². The Morgan fingerprint density at radius 1 is 1.38 bits per heavy atom. The lowest BCUT2D eigenvalue weighted by Crippen LogP contribution is -2.46. The number of ether oxygens (including phenoxy) is 1. The summed E-state index contributed by atoms with van der Waals surface area (Å²) in [6, 6.07) is 3.68. The Labute approximate surface area is 147 Å². The van der Waals surface area contributed by atoms with Crippen LogP contribution in [0.4, 0.5) is 0 Å². The summed E-state index contributed by atoms with van der Waals surface area (Å²) in [7, 11) is -2.72. The quantitative estimate of drug-likeness (QED) is 0.744. The molecular formula is C16H23ClN2O4S. The van der Waals surface area contributed by atoms with Crippen molar-refractivity contribution < 1.29 is 17.9 Å². The van der Waals surface area contributed by atoms with Crippen LogP contribution in [-0.4, -0.2) is 34.1 Å². The number of benzene rings is 1. The normalized spacial score (nSPS) is 17.5. The first-order chi connectivity index (χ1) is 11.4. The number of carbonyl (C=O) groups excluding carboxylic acids is 1. The fourth-order valence-electron chi connectivity index (χ4n) is 3.14. The summed E-state index contributed by atoms with van der Waals surface area (Å²) in [4.78, 5) is 11.7. The van der Waals surface area contributed by atoms with Crippen molar-refractivity contribution in [3.8, 4) is 0 Å². The monoisotopic (exact) mass is 374 g/mol. The van der Waals surface area contributed by atoms with E-state index in [9.17, 15) is 13.2 Å². The molecule has 0 saturated heterocycles. The Balaban J connectivity index is 2.30. The van der Waals surface area contributed by atoms with Crippen molar-refractivity contribution in [3.05, 3.63) is 28.8 Å². The smallest absolute Gasteiger partial charge is 0.339 e. The zero-order chi connectivity index (χ0) is 17.7. The Bertz CT molecular complexity index is 687. The number of nitrogens with two attached hydrogens (primary N) is 1. The highest BCUT2D eigenvalue weighted by Gasteiger charge is 2.30.